The minimum absolute atomic E-state index is 0.102. The number of fused-ring (bicyclic) bond motifs is 3. The maximum Gasteiger partial charge on any atom is 0.152 e. The second kappa shape index (κ2) is 7.00. The second-order valence-corrected chi connectivity index (χ2v) is 8.70. The average molecular weight is 360 g/mol. The third-order valence-corrected chi connectivity index (χ3v) is 6.19. The predicted molar refractivity (Wildman–Crippen MR) is 102 cm³/mol. The molecule has 0 bridgehead atoms. The van der Waals surface area contributed by atoms with Gasteiger partial charge in [0.25, 0.3) is 0 Å². The number of aromatic nitrogens is 3. The third kappa shape index (κ3) is 3.46. The number of nitrogens with two attached hydrogens (primary N) is 1. The summed E-state index contributed by atoms with van der Waals surface area (Å²) in [6.45, 7) is 4.19. The van der Waals surface area contributed by atoms with E-state index in [1.807, 2.05) is 28.8 Å². The van der Waals surface area contributed by atoms with E-state index in [2.05, 4.69) is 11.9 Å². The van der Waals surface area contributed by atoms with Crippen LogP contribution in [0.5, 0.6) is 0 Å². The van der Waals surface area contributed by atoms with Crippen LogP contribution in [0, 0.1) is 0 Å². The van der Waals surface area contributed by atoms with Crippen molar-refractivity contribution in [2.75, 3.05) is 17.2 Å². The van der Waals surface area contributed by atoms with Crippen molar-refractivity contribution in [1.29, 1.82) is 0 Å². The molecule has 0 atom stereocenters. The highest BCUT2D eigenvalue weighted by atomic mass is 32.2. The number of benzene rings is 1. The molecular formula is C18H24N4O2S. The number of para-hydroxylation sites is 1. The molecule has 3 aromatic rings. The van der Waals surface area contributed by atoms with Crippen LogP contribution in [-0.2, 0) is 22.8 Å². The highest BCUT2D eigenvalue weighted by Gasteiger charge is 2.18. The standard InChI is InChI=1S/C18H24N4O2S/c1-3-5-10-15-21-16-17(22(15)11-12-25(23,24)4-2)13-8-6-7-9-14(13)20-18(16)19/h6-9H,3-5,10-12H2,1-2H3,(H2,19,20). The van der Waals surface area contributed by atoms with Crippen molar-refractivity contribution >= 4 is 37.6 Å². The van der Waals surface area contributed by atoms with Crippen LogP contribution < -0.4 is 5.73 Å². The van der Waals surface area contributed by atoms with Gasteiger partial charge in [-0.2, -0.15) is 0 Å². The van der Waals surface area contributed by atoms with E-state index in [9.17, 15) is 8.42 Å². The van der Waals surface area contributed by atoms with Gasteiger partial charge in [0, 0.05) is 24.1 Å². The van der Waals surface area contributed by atoms with Gasteiger partial charge in [0.1, 0.15) is 11.3 Å². The number of sulfone groups is 1. The van der Waals surface area contributed by atoms with E-state index in [-0.39, 0.29) is 11.5 Å². The van der Waals surface area contributed by atoms with Crippen molar-refractivity contribution in [3.8, 4) is 0 Å². The molecule has 2 heterocycles. The lowest BCUT2D eigenvalue weighted by molar-refractivity contribution is 0.588. The molecule has 0 amide bonds. The van der Waals surface area contributed by atoms with Gasteiger partial charge < -0.3 is 10.3 Å². The van der Waals surface area contributed by atoms with Crippen molar-refractivity contribution in [1.82, 2.24) is 14.5 Å². The van der Waals surface area contributed by atoms with E-state index in [0.717, 1.165) is 41.5 Å². The number of pyridine rings is 1. The SMILES string of the molecule is CCCCc1nc2c(N)nc3ccccc3c2n1CCS(=O)(=O)CC. The van der Waals surface area contributed by atoms with Gasteiger partial charge in [0.15, 0.2) is 15.7 Å². The number of unbranched alkanes of at least 4 members (excludes halogenated alkanes) is 1. The molecule has 7 heteroatoms. The summed E-state index contributed by atoms with van der Waals surface area (Å²) in [5.74, 6) is 1.52. The first-order valence-corrected chi connectivity index (χ1v) is 10.5. The Hall–Kier alpha value is -2.15. The van der Waals surface area contributed by atoms with E-state index in [1.165, 1.54) is 0 Å². The van der Waals surface area contributed by atoms with Crippen LogP contribution >= 0.6 is 0 Å². The molecule has 0 saturated heterocycles. The number of rotatable bonds is 7. The molecule has 0 unspecified atom stereocenters. The summed E-state index contributed by atoms with van der Waals surface area (Å²) in [6, 6.07) is 7.77. The van der Waals surface area contributed by atoms with Gasteiger partial charge in [-0.3, -0.25) is 0 Å². The molecule has 1 aromatic carbocycles. The smallest absolute Gasteiger partial charge is 0.152 e. The zero-order chi connectivity index (χ0) is 18.0. The van der Waals surface area contributed by atoms with Crippen molar-refractivity contribution in [2.45, 2.75) is 39.7 Å². The predicted octanol–water partition coefficient (Wildman–Crippen LogP) is 2.94. The molecule has 0 aliphatic heterocycles. The van der Waals surface area contributed by atoms with Gasteiger partial charge in [0.2, 0.25) is 0 Å². The first kappa shape index (κ1) is 17.7. The fourth-order valence-electron chi connectivity index (χ4n) is 3.05. The Bertz CT molecular complexity index is 1010. The van der Waals surface area contributed by atoms with Crippen LogP contribution in [-0.4, -0.2) is 34.5 Å². The lowest BCUT2D eigenvalue weighted by atomic mass is 10.2. The van der Waals surface area contributed by atoms with Crippen molar-refractivity contribution in [3.63, 3.8) is 0 Å². The maximum atomic E-state index is 12.0. The summed E-state index contributed by atoms with van der Waals surface area (Å²) >= 11 is 0. The Morgan fingerprint density at radius 1 is 1.16 bits per heavy atom. The van der Waals surface area contributed by atoms with Gasteiger partial charge >= 0.3 is 0 Å². The largest absolute Gasteiger partial charge is 0.382 e. The Balaban J connectivity index is 2.21. The number of hydrogen-bond acceptors (Lipinski definition) is 5. The molecule has 134 valence electrons. The first-order valence-electron chi connectivity index (χ1n) is 8.70. The molecular weight excluding hydrogens is 336 g/mol. The minimum atomic E-state index is -3.06. The summed E-state index contributed by atoms with van der Waals surface area (Å²) in [5.41, 5.74) is 8.49. The highest BCUT2D eigenvalue weighted by molar-refractivity contribution is 7.91. The number of aryl methyl sites for hydroxylation is 2. The van der Waals surface area contributed by atoms with E-state index < -0.39 is 9.84 Å². The molecule has 0 spiro atoms. The molecule has 0 fully saturated rings. The van der Waals surface area contributed by atoms with Crippen LogP contribution in [0.1, 0.15) is 32.5 Å². The second-order valence-electron chi connectivity index (χ2n) is 6.23. The van der Waals surface area contributed by atoms with Gasteiger partial charge in [-0.15, -0.1) is 0 Å². The summed E-state index contributed by atoms with van der Waals surface area (Å²) < 4.78 is 26.1. The topological polar surface area (TPSA) is 90.9 Å². The first-order chi connectivity index (χ1) is 12.0. The van der Waals surface area contributed by atoms with Gasteiger partial charge in [-0.1, -0.05) is 38.5 Å². The van der Waals surface area contributed by atoms with Crippen molar-refractivity contribution < 1.29 is 8.42 Å². The molecule has 6 nitrogen and oxygen atoms in total. The Labute approximate surface area is 148 Å². The molecule has 3 rings (SSSR count). The van der Waals surface area contributed by atoms with Crippen molar-refractivity contribution in [3.05, 3.63) is 30.1 Å². The summed E-state index contributed by atoms with van der Waals surface area (Å²) in [4.78, 5) is 9.15. The highest BCUT2D eigenvalue weighted by Crippen LogP contribution is 2.29. The number of nitrogen functional groups attached to an aromatic ring is 1. The Kier molecular flexibility index (Phi) is 4.94. The lowest BCUT2D eigenvalue weighted by Crippen LogP contribution is -2.16. The number of nitrogens with zero attached hydrogens (tertiary/aromatic N) is 3. The normalized spacial score (nSPS) is 12.2. The monoisotopic (exact) mass is 360 g/mol. The van der Waals surface area contributed by atoms with Gasteiger partial charge in [-0.25, -0.2) is 18.4 Å². The number of anilines is 1. The number of imidazole rings is 1. The van der Waals surface area contributed by atoms with Crippen molar-refractivity contribution in [2.24, 2.45) is 0 Å². The average Bonchev–Trinajstić information content (AvgIpc) is 2.98. The quantitative estimate of drug-likeness (QED) is 0.699. The van der Waals surface area contributed by atoms with E-state index in [0.29, 0.717) is 17.9 Å². The van der Waals surface area contributed by atoms with E-state index in [4.69, 9.17) is 10.7 Å². The lowest BCUT2D eigenvalue weighted by Gasteiger charge is -2.11. The Morgan fingerprint density at radius 3 is 2.64 bits per heavy atom. The number of hydrogen-bond donors (Lipinski definition) is 1. The van der Waals surface area contributed by atoms with Crippen LogP contribution in [0.25, 0.3) is 21.9 Å². The molecule has 0 aliphatic rings. The van der Waals surface area contributed by atoms with Gasteiger partial charge in [0.05, 0.1) is 16.8 Å². The molecule has 0 radical (unpaired) electrons. The molecule has 2 aromatic heterocycles. The maximum absolute atomic E-state index is 12.0. The third-order valence-electron chi connectivity index (χ3n) is 4.51. The zero-order valence-electron chi connectivity index (χ0n) is 14.7. The van der Waals surface area contributed by atoms with Crippen LogP contribution in [0.15, 0.2) is 24.3 Å². The van der Waals surface area contributed by atoms with Crippen LogP contribution in [0.3, 0.4) is 0 Å². The minimum Gasteiger partial charge on any atom is -0.382 e. The summed E-state index contributed by atoms with van der Waals surface area (Å²) in [6.07, 6.45) is 2.84. The fraction of sp³-hybridized carbons (Fsp3) is 0.444. The fourth-order valence-corrected chi connectivity index (χ4v) is 3.80. The van der Waals surface area contributed by atoms with Gasteiger partial charge in [-0.05, 0) is 12.5 Å². The molecule has 2 N–H and O–H groups in total. The van der Waals surface area contributed by atoms with Crippen LogP contribution in [0.2, 0.25) is 0 Å². The molecule has 0 saturated carbocycles. The van der Waals surface area contributed by atoms with E-state index >= 15 is 0 Å². The molecule has 0 aliphatic carbocycles. The van der Waals surface area contributed by atoms with Crippen LogP contribution in [0.4, 0.5) is 5.82 Å². The Morgan fingerprint density at radius 2 is 1.92 bits per heavy atom. The van der Waals surface area contributed by atoms with E-state index in [1.54, 1.807) is 6.92 Å². The molecule has 25 heavy (non-hydrogen) atoms. The summed E-state index contributed by atoms with van der Waals surface area (Å²) in [7, 11) is -3.06. The zero-order valence-corrected chi connectivity index (χ0v) is 15.5. The summed E-state index contributed by atoms with van der Waals surface area (Å²) in [5, 5.41) is 0.954.